The van der Waals surface area contributed by atoms with E-state index < -0.39 is 0 Å². The zero-order chi connectivity index (χ0) is 17.4. The molecule has 0 spiro atoms. The molecule has 1 aromatic heterocycles. The Bertz CT molecular complexity index is 935. The summed E-state index contributed by atoms with van der Waals surface area (Å²) in [6, 6.07) is 9.58. The van der Waals surface area contributed by atoms with E-state index in [4.69, 9.17) is 18.9 Å². The van der Waals surface area contributed by atoms with Crippen molar-refractivity contribution in [1.82, 2.24) is 4.37 Å². The van der Waals surface area contributed by atoms with Crippen molar-refractivity contribution in [3.63, 3.8) is 0 Å². The summed E-state index contributed by atoms with van der Waals surface area (Å²) in [5.74, 6) is 3.40. The van der Waals surface area contributed by atoms with Gasteiger partial charge < -0.3 is 18.9 Å². The van der Waals surface area contributed by atoms with Crippen LogP contribution < -0.4 is 18.9 Å². The second-order valence-electron chi connectivity index (χ2n) is 5.48. The van der Waals surface area contributed by atoms with Crippen LogP contribution in [0.4, 0.5) is 0 Å². The van der Waals surface area contributed by atoms with Crippen molar-refractivity contribution >= 4 is 11.5 Å². The van der Waals surface area contributed by atoms with Crippen molar-refractivity contribution < 1.29 is 18.9 Å². The maximum absolute atomic E-state index is 6.26. The molecule has 3 aromatic rings. The fraction of sp³-hybridized carbons (Fsp3) is 0.211. The average Bonchev–Trinajstić information content (AvgIpc) is 3.07. The van der Waals surface area contributed by atoms with Gasteiger partial charge in [0.05, 0.1) is 32.1 Å². The molecular formula is C19H17NO4S. The number of fused-ring (bicyclic) bond motifs is 5. The molecule has 0 amide bonds. The predicted molar refractivity (Wildman–Crippen MR) is 97.3 cm³/mol. The molecule has 25 heavy (non-hydrogen) atoms. The summed E-state index contributed by atoms with van der Waals surface area (Å²) in [6.07, 6.45) is 0. The molecule has 6 heteroatoms. The van der Waals surface area contributed by atoms with Crippen LogP contribution in [-0.2, 0) is 0 Å². The van der Waals surface area contributed by atoms with E-state index in [0.29, 0.717) is 23.9 Å². The predicted octanol–water partition coefficient (Wildman–Crippen LogP) is 5.00. The third-order valence-corrected chi connectivity index (χ3v) is 4.70. The van der Waals surface area contributed by atoms with Crippen LogP contribution in [0.5, 0.6) is 28.7 Å². The summed E-state index contributed by atoms with van der Waals surface area (Å²) in [7, 11) is 3.24. The van der Waals surface area contributed by atoms with Gasteiger partial charge >= 0.3 is 0 Å². The molecule has 0 atom stereocenters. The van der Waals surface area contributed by atoms with Gasteiger partial charge in [-0.1, -0.05) is 0 Å². The second-order valence-corrected chi connectivity index (χ2v) is 6.11. The lowest BCUT2D eigenvalue weighted by Gasteiger charge is -2.15. The summed E-state index contributed by atoms with van der Waals surface area (Å²) in [5, 5.41) is 2.03. The second kappa shape index (κ2) is 6.29. The molecule has 0 saturated carbocycles. The molecular weight excluding hydrogens is 338 g/mol. The van der Waals surface area contributed by atoms with Gasteiger partial charge in [0.25, 0.3) is 0 Å². The van der Waals surface area contributed by atoms with Gasteiger partial charge in [-0.2, -0.15) is 4.37 Å². The zero-order valence-electron chi connectivity index (χ0n) is 14.2. The van der Waals surface area contributed by atoms with Crippen LogP contribution in [-0.4, -0.2) is 25.2 Å². The van der Waals surface area contributed by atoms with Crippen LogP contribution in [0.1, 0.15) is 6.92 Å². The lowest BCUT2D eigenvalue weighted by atomic mass is 10.0. The first-order chi connectivity index (χ1) is 12.2. The van der Waals surface area contributed by atoms with Gasteiger partial charge in [0, 0.05) is 28.6 Å². The highest BCUT2D eigenvalue weighted by atomic mass is 32.1. The number of aromatic nitrogens is 1. The van der Waals surface area contributed by atoms with Crippen LogP contribution in [0.25, 0.3) is 22.4 Å². The van der Waals surface area contributed by atoms with Crippen molar-refractivity contribution in [3.05, 3.63) is 35.7 Å². The first-order valence-electron chi connectivity index (χ1n) is 7.91. The molecule has 1 aliphatic rings. The van der Waals surface area contributed by atoms with Gasteiger partial charge in [0.2, 0.25) is 0 Å². The molecule has 1 aliphatic heterocycles. The Kier molecular flexibility index (Phi) is 3.97. The number of benzene rings is 2. The molecule has 5 nitrogen and oxygen atoms in total. The van der Waals surface area contributed by atoms with Crippen LogP contribution >= 0.6 is 11.5 Å². The van der Waals surface area contributed by atoms with Crippen molar-refractivity contribution in [3.8, 4) is 51.1 Å². The molecule has 2 aromatic carbocycles. The molecule has 0 unspecified atom stereocenters. The summed E-state index contributed by atoms with van der Waals surface area (Å²) < 4.78 is 27.4. The third kappa shape index (κ3) is 2.59. The Morgan fingerprint density at radius 3 is 2.64 bits per heavy atom. The maximum atomic E-state index is 6.26. The topological polar surface area (TPSA) is 49.8 Å². The lowest BCUT2D eigenvalue weighted by molar-refractivity contribution is 0.337. The number of rotatable bonds is 4. The van der Waals surface area contributed by atoms with Crippen LogP contribution in [0, 0.1) is 0 Å². The molecule has 128 valence electrons. The number of hydrogen-bond acceptors (Lipinski definition) is 6. The molecule has 0 saturated heterocycles. The lowest BCUT2D eigenvalue weighted by Crippen LogP contribution is -1.95. The highest BCUT2D eigenvalue weighted by Crippen LogP contribution is 2.52. The highest BCUT2D eigenvalue weighted by Gasteiger charge is 2.27. The van der Waals surface area contributed by atoms with E-state index in [0.717, 1.165) is 33.9 Å². The number of ether oxygens (including phenoxy) is 4. The van der Waals surface area contributed by atoms with Gasteiger partial charge in [-0.05, 0) is 36.7 Å². The first kappa shape index (κ1) is 15.8. The number of nitrogens with zero attached hydrogens (tertiary/aromatic N) is 1. The van der Waals surface area contributed by atoms with Crippen LogP contribution in [0.15, 0.2) is 35.7 Å². The standard InChI is InChI=1S/C19H17NO4S/c1-4-23-11-5-6-13-15-10-25-20-18(15)14-7-12(21-2)9-17(22-3)19(14)24-16(13)8-11/h5-10H,4H2,1-3H3. The van der Waals surface area contributed by atoms with Crippen molar-refractivity contribution in [1.29, 1.82) is 0 Å². The Labute approximate surface area is 149 Å². The highest BCUT2D eigenvalue weighted by molar-refractivity contribution is 7.04. The normalized spacial score (nSPS) is 11.5. The van der Waals surface area contributed by atoms with E-state index in [2.05, 4.69) is 4.37 Å². The molecule has 0 N–H and O–H groups in total. The third-order valence-electron chi connectivity index (χ3n) is 4.08. The average molecular weight is 355 g/mol. The molecule has 0 fully saturated rings. The van der Waals surface area contributed by atoms with Gasteiger partial charge in [-0.3, -0.25) is 0 Å². The number of hydrogen-bond donors (Lipinski definition) is 0. The van der Waals surface area contributed by atoms with Gasteiger partial charge in [0.15, 0.2) is 11.5 Å². The zero-order valence-corrected chi connectivity index (χ0v) is 15.0. The Hall–Kier alpha value is -2.73. The minimum absolute atomic E-state index is 0.598. The van der Waals surface area contributed by atoms with Crippen LogP contribution in [0.2, 0.25) is 0 Å². The van der Waals surface area contributed by atoms with Crippen molar-refractivity contribution in [2.24, 2.45) is 0 Å². The molecule has 0 bridgehead atoms. The quantitative estimate of drug-likeness (QED) is 0.516. The largest absolute Gasteiger partial charge is 0.497 e. The van der Waals surface area contributed by atoms with E-state index in [1.807, 2.05) is 42.6 Å². The smallest absolute Gasteiger partial charge is 0.179 e. The summed E-state index contributed by atoms with van der Waals surface area (Å²) in [4.78, 5) is 0. The van der Waals surface area contributed by atoms with E-state index in [1.54, 1.807) is 14.2 Å². The fourth-order valence-electron chi connectivity index (χ4n) is 2.93. The molecule has 0 radical (unpaired) electrons. The SMILES string of the molecule is CCOc1ccc2c(c1)Oc1c(OC)cc(OC)cc1-c1nscc1-2. The van der Waals surface area contributed by atoms with Gasteiger partial charge in [-0.15, -0.1) is 0 Å². The maximum Gasteiger partial charge on any atom is 0.179 e. The summed E-state index contributed by atoms with van der Waals surface area (Å²) >= 11 is 1.41. The molecule has 4 rings (SSSR count). The minimum atomic E-state index is 0.598. The fourth-order valence-corrected chi connectivity index (χ4v) is 3.62. The summed E-state index contributed by atoms with van der Waals surface area (Å²) in [5.41, 5.74) is 3.71. The number of methoxy groups -OCH3 is 2. The Balaban J connectivity index is 1.98. The summed E-state index contributed by atoms with van der Waals surface area (Å²) in [6.45, 7) is 2.55. The Morgan fingerprint density at radius 2 is 1.88 bits per heavy atom. The minimum Gasteiger partial charge on any atom is -0.497 e. The first-order valence-corrected chi connectivity index (χ1v) is 8.74. The van der Waals surface area contributed by atoms with Crippen molar-refractivity contribution in [2.75, 3.05) is 20.8 Å². The van der Waals surface area contributed by atoms with E-state index in [9.17, 15) is 0 Å². The Morgan fingerprint density at radius 1 is 1.00 bits per heavy atom. The molecule has 0 aliphatic carbocycles. The van der Waals surface area contributed by atoms with Crippen LogP contribution in [0.3, 0.4) is 0 Å². The van der Waals surface area contributed by atoms with Gasteiger partial charge in [0.1, 0.15) is 17.2 Å². The van der Waals surface area contributed by atoms with Crippen molar-refractivity contribution in [2.45, 2.75) is 6.92 Å². The van der Waals surface area contributed by atoms with E-state index >= 15 is 0 Å². The molecule has 2 heterocycles. The van der Waals surface area contributed by atoms with Gasteiger partial charge in [-0.25, -0.2) is 0 Å². The van der Waals surface area contributed by atoms with E-state index in [1.165, 1.54) is 11.5 Å². The van der Waals surface area contributed by atoms with E-state index in [-0.39, 0.29) is 0 Å². The monoisotopic (exact) mass is 355 g/mol.